The van der Waals surface area contributed by atoms with Crippen LogP contribution in [0.15, 0.2) is 0 Å². The van der Waals surface area contributed by atoms with E-state index in [1.54, 1.807) is 0 Å². The lowest BCUT2D eigenvalue weighted by molar-refractivity contribution is 0.0500. The van der Waals surface area contributed by atoms with Gasteiger partial charge in [-0.15, -0.1) is 0 Å². The predicted octanol–water partition coefficient (Wildman–Crippen LogP) is 3.28. The Morgan fingerprint density at radius 3 is 2.08 bits per heavy atom. The van der Waals surface area contributed by atoms with Gasteiger partial charge in [0.05, 0.1) is 6.61 Å². The summed E-state index contributed by atoms with van der Waals surface area (Å²) in [6, 6.07) is 0. The molecule has 0 aliphatic heterocycles. The van der Waals surface area contributed by atoms with E-state index in [9.17, 15) is 0 Å². The molecule has 1 N–H and O–H groups in total. The van der Waals surface area contributed by atoms with Crippen LogP contribution in [0.1, 0.15) is 58.8 Å². The summed E-state index contributed by atoms with van der Waals surface area (Å²) in [6.45, 7) is 6.02. The van der Waals surface area contributed by atoms with Gasteiger partial charge < -0.3 is 4.84 Å². The van der Waals surface area contributed by atoms with Gasteiger partial charge in [0.25, 0.3) is 0 Å². The van der Waals surface area contributed by atoms with Crippen molar-refractivity contribution in [3.8, 4) is 0 Å². The summed E-state index contributed by atoms with van der Waals surface area (Å²) in [6.07, 6.45) is 9.52. The number of unbranched alkanes of at least 4 members (excludes halogenated alkanes) is 6. The number of hydroxylamine groups is 1. The van der Waals surface area contributed by atoms with E-state index >= 15 is 0 Å². The molecule has 0 bridgehead atoms. The molecule has 2 nitrogen and oxygen atoms in total. The standard InChI is InChI=1S/C11H25NO/c1-3-5-6-7-8-9-10-11-12-13-4-2/h12H,3-11H2,1-2H3. The molecule has 0 saturated carbocycles. The van der Waals surface area contributed by atoms with Crippen LogP contribution in [0.2, 0.25) is 0 Å². The third-order valence-corrected chi connectivity index (χ3v) is 2.13. The molecule has 0 saturated heterocycles. The predicted molar refractivity (Wildman–Crippen MR) is 57.6 cm³/mol. The Balaban J connectivity index is 2.76. The summed E-state index contributed by atoms with van der Waals surface area (Å²) >= 11 is 0. The van der Waals surface area contributed by atoms with Crippen molar-refractivity contribution in [2.75, 3.05) is 13.2 Å². The smallest absolute Gasteiger partial charge is 0.0653 e. The van der Waals surface area contributed by atoms with E-state index in [2.05, 4.69) is 12.4 Å². The van der Waals surface area contributed by atoms with Crippen molar-refractivity contribution in [2.45, 2.75) is 58.8 Å². The second-order valence-electron chi connectivity index (χ2n) is 3.45. The molecule has 0 aromatic carbocycles. The summed E-state index contributed by atoms with van der Waals surface area (Å²) in [5.41, 5.74) is 2.94. The number of hydrogen-bond donors (Lipinski definition) is 1. The van der Waals surface area contributed by atoms with Crippen LogP contribution in [-0.4, -0.2) is 13.2 Å². The van der Waals surface area contributed by atoms with Gasteiger partial charge in [-0.2, -0.15) is 0 Å². The van der Waals surface area contributed by atoms with E-state index in [4.69, 9.17) is 4.84 Å². The van der Waals surface area contributed by atoms with Crippen molar-refractivity contribution >= 4 is 0 Å². The highest BCUT2D eigenvalue weighted by Crippen LogP contribution is 2.05. The molecule has 0 fully saturated rings. The van der Waals surface area contributed by atoms with Gasteiger partial charge in [0, 0.05) is 6.54 Å². The maximum Gasteiger partial charge on any atom is 0.0653 e. The molecular formula is C11H25NO. The monoisotopic (exact) mass is 187 g/mol. The van der Waals surface area contributed by atoms with Crippen molar-refractivity contribution in [3.05, 3.63) is 0 Å². The highest BCUT2D eigenvalue weighted by Gasteiger charge is 1.90. The molecular weight excluding hydrogens is 162 g/mol. The van der Waals surface area contributed by atoms with Crippen LogP contribution in [0, 0.1) is 0 Å². The van der Waals surface area contributed by atoms with Crippen LogP contribution < -0.4 is 5.48 Å². The molecule has 0 heterocycles. The maximum absolute atomic E-state index is 5.03. The van der Waals surface area contributed by atoms with Crippen molar-refractivity contribution in [1.29, 1.82) is 0 Å². The largest absolute Gasteiger partial charge is 0.302 e. The Kier molecular flexibility index (Phi) is 11.8. The number of rotatable bonds is 10. The zero-order valence-electron chi connectivity index (χ0n) is 9.27. The van der Waals surface area contributed by atoms with Crippen LogP contribution in [0.25, 0.3) is 0 Å². The summed E-state index contributed by atoms with van der Waals surface area (Å²) in [5.74, 6) is 0. The number of hydrogen-bond acceptors (Lipinski definition) is 2. The average molecular weight is 187 g/mol. The van der Waals surface area contributed by atoms with Crippen LogP contribution in [0.3, 0.4) is 0 Å². The first-order valence-corrected chi connectivity index (χ1v) is 5.76. The van der Waals surface area contributed by atoms with E-state index in [0.29, 0.717) is 0 Å². The van der Waals surface area contributed by atoms with Gasteiger partial charge in [-0.1, -0.05) is 45.4 Å². The quantitative estimate of drug-likeness (QED) is 0.418. The molecule has 0 unspecified atom stereocenters. The Hall–Kier alpha value is -0.0800. The minimum Gasteiger partial charge on any atom is -0.302 e. The van der Waals surface area contributed by atoms with Crippen molar-refractivity contribution in [2.24, 2.45) is 0 Å². The lowest BCUT2D eigenvalue weighted by Crippen LogP contribution is -2.15. The van der Waals surface area contributed by atoms with Gasteiger partial charge in [0.15, 0.2) is 0 Å². The zero-order valence-corrected chi connectivity index (χ0v) is 9.27. The van der Waals surface area contributed by atoms with Gasteiger partial charge >= 0.3 is 0 Å². The Labute approximate surface area is 83.0 Å². The van der Waals surface area contributed by atoms with Crippen LogP contribution in [0.5, 0.6) is 0 Å². The van der Waals surface area contributed by atoms with E-state index in [0.717, 1.165) is 13.2 Å². The van der Waals surface area contributed by atoms with Crippen molar-refractivity contribution in [3.63, 3.8) is 0 Å². The number of nitrogens with one attached hydrogen (secondary N) is 1. The first-order chi connectivity index (χ1) is 6.41. The highest BCUT2D eigenvalue weighted by atomic mass is 16.6. The fraction of sp³-hybridized carbons (Fsp3) is 1.00. The van der Waals surface area contributed by atoms with Crippen LogP contribution >= 0.6 is 0 Å². The molecule has 0 aliphatic rings. The molecule has 0 aromatic heterocycles. The summed E-state index contributed by atoms with van der Waals surface area (Å²) < 4.78 is 0. The van der Waals surface area contributed by atoms with Crippen LogP contribution in [0.4, 0.5) is 0 Å². The Bertz CT molecular complexity index is 76.2. The van der Waals surface area contributed by atoms with Gasteiger partial charge in [0.2, 0.25) is 0 Å². The first kappa shape index (κ1) is 12.9. The molecule has 0 radical (unpaired) electrons. The second kappa shape index (κ2) is 11.9. The minimum atomic E-state index is 0.760. The van der Waals surface area contributed by atoms with Crippen LogP contribution in [-0.2, 0) is 4.84 Å². The summed E-state index contributed by atoms with van der Waals surface area (Å²) in [5, 5.41) is 0. The van der Waals surface area contributed by atoms with Gasteiger partial charge in [0.1, 0.15) is 0 Å². The van der Waals surface area contributed by atoms with Gasteiger partial charge in [-0.05, 0) is 13.3 Å². The molecule has 0 aromatic rings. The second-order valence-corrected chi connectivity index (χ2v) is 3.45. The fourth-order valence-corrected chi connectivity index (χ4v) is 1.33. The van der Waals surface area contributed by atoms with E-state index < -0.39 is 0 Å². The lowest BCUT2D eigenvalue weighted by Gasteiger charge is -2.03. The molecule has 0 rings (SSSR count). The Morgan fingerprint density at radius 1 is 0.846 bits per heavy atom. The Morgan fingerprint density at radius 2 is 1.46 bits per heavy atom. The van der Waals surface area contributed by atoms with Crippen molar-refractivity contribution in [1.82, 2.24) is 5.48 Å². The molecule has 0 aliphatic carbocycles. The molecule has 0 atom stereocenters. The molecule has 13 heavy (non-hydrogen) atoms. The molecule has 80 valence electrons. The maximum atomic E-state index is 5.03. The molecule has 0 spiro atoms. The summed E-state index contributed by atoms with van der Waals surface area (Å²) in [7, 11) is 0. The van der Waals surface area contributed by atoms with E-state index in [-0.39, 0.29) is 0 Å². The summed E-state index contributed by atoms with van der Waals surface area (Å²) in [4.78, 5) is 5.03. The topological polar surface area (TPSA) is 21.3 Å². The van der Waals surface area contributed by atoms with Gasteiger partial charge in [-0.3, -0.25) is 0 Å². The third kappa shape index (κ3) is 11.9. The van der Waals surface area contributed by atoms with Gasteiger partial charge in [-0.25, -0.2) is 5.48 Å². The lowest BCUT2D eigenvalue weighted by atomic mass is 10.1. The fourth-order valence-electron chi connectivity index (χ4n) is 1.33. The normalized spacial score (nSPS) is 10.6. The zero-order chi connectivity index (χ0) is 9.78. The van der Waals surface area contributed by atoms with Crippen molar-refractivity contribution < 1.29 is 4.84 Å². The highest BCUT2D eigenvalue weighted by molar-refractivity contribution is 4.45. The first-order valence-electron chi connectivity index (χ1n) is 5.76. The molecule has 0 amide bonds. The average Bonchev–Trinajstić information content (AvgIpc) is 2.16. The van der Waals surface area contributed by atoms with E-state index in [1.807, 2.05) is 6.92 Å². The minimum absolute atomic E-state index is 0.760. The third-order valence-electron chi connectivity index (χ3n) is 2.13. The molecule has 2 heteroatoms. The SMILES string of the molecule is CCCCCCCCCNOCC. The van der Waals surface area contributed by atoms with E-state index in [1.165, 1.54) is 44.9 Å².